The Hall–Kier alpha value is -1.42. The van der Waals surface area contributed by atoms with Crippen molar-refractivity contribution in [1.29, 1.82) is 0 Å². The molecule has 0 saturated heterocycles. The summed E-state index contributed by atoms with van der Waals surface area (Å²) in [5.41, 5.74) is 6.47. The Bertz CT molecular complexity index is 434. The highest BCUT2D eigenvalue weighted by molar-refractivity contribution is 5.76. The SMILES string of the molecule is CC(C)CC(CN)CC(=O)NC(C)c1cccc(F)c1. The number of hydrogen-bond donors (Lipinski definition) is 2. The zero-order valence-electron chi connectivity index (χ0n) is 12.5. The molecular weight excluding hydrogens is 255 g/mol. The molecule has 0 aliphatic carbocycles. The van der Waals surface area contributed by atoms with Crippen LogP contribution >= 0.6 is 0 Å². The van der Waals surface area contributed by atoms with E-state index in [9.17, 15) is 9.18 Å². The first-order chi connectivity index (χ1) is 9.42. The zero-order chi connectivity index (χ0) is 15.1. The molecule has 0 aromatic heterocycles. The molecule has 3 nitrogen and oxygen atoms in total. The highest BCUT2D eigenvalue weighted by Gasteiger charge is 2.16. The monoisotopic (exact) mass is 280 g/mol. The molecular formula is C16H25FN2O. The summed E-state index contributed by atoms with van der Waals surface area (Å²) >= 11 is 0. The Labute approximate surface area is 120 Å². The molecule has 0 saturated carbocycles. The zero-order valence-corrected chi connectivity index (χ0v) is 12.5. The third-order valence-corrected chi connectivity index (χ3v) is 3.34. The van der Waals surface area contributed by atoms with Crippen LogP contribution in [0.1, 0.15) is 45.2 Å². The fourth-order valence-corrected chi connectivity index (χ4v) is 2.35. The number of halogens is 1. The van der Waals surface area contributed by atoms with Crippen molar-refractivity contribution in [3.63, 3.8) is 0 Å². The van der Waals surface area contributed by atoms with Crippen LogP contribution in [0.4, 0.5) is 4.39 Å². The molecule has 0 aliphatic heterocycles. The molecule has 1 rings (SSSR count). The lowest BCUT2D eigenvalue weighted by molar-refractivity contribution is -0.122. The highest BCUT2D eigenvalue weighted by atomic mass is 19.1. The lowest BCUT2D eigenvalue weighted by atomic mass is 9.94. The number of amides is 1. The van der Waals surface area contributed by atoms with Gasteiger partial charge in [0.15, 0.2) is 0 Å². The van der Waals surface area contributed by atoms with Gasteiger partial charge in [-0.1, -0.05) is 26.0 Å². The van der Waals surface area contributed by atoms with Gasteiger partial charge < -0.3 is 11.1 Å². The fourth-order valence-electron chi connectivity index (χ4n) is 2.35. The normalized spacial score (nSPS) is 14.1. The maximum absolute atomic E-state index is 13.1. The first kappa shape index (κ1) is 16.6. The Kier molecular flexibility index (Phi) is 6.65. The maximum atomic E-state index is 13.1. The van der Waals surface area contributed by atoms with Crippen molar-refractivity contribution < 1.29 is 9.18 Å². The number of nitrogens with two attached hydrogens (primary N) is 1. The van der Waals surface area contributed by atoms with Gasteiger partial charge in [-0.25, -0.2) is 4.39 Å². The summed E-state index contributed by atoms with van der Waals surface area (Å²) in [6, 6.07) is 6.10. The highest BCUT2D eigenvalue weighted by Crippen LogP contribution is 2.17. The number of hydrogen-bond acceptors (Lipinski definition) is 2. The van der Waals surface area contributed by atoms with Gasteiger partial charge in [0.2, 0.25) is 5.91 Å². The van der Waals surface area contributed by atoms with Crippen molar-refractivity contribution >= 4 is 5.91 Å². The average molecular weight is 280 g/mol. The smallest absolute Gasteiger partial charge is 0.220 e. The summed E-state index contributed by atoms with van der Waals surface area (Å²) in [7, 11) is 0. The Morgan fingerprint density at radius 2 is 2.05 bits per heavy atom. The van der Waals surface area contributed by atoms with E-state index in [0.717, 1.165) is 12.0 Å². The summed E-state index contributed by atoms with van der Waals surface area (Å²) in [6.45, 7) is 6.61. The molecule has 0 spiro atoms. The summed E-state index contributed by atoms with van der Waals surface area (Å²) in [4.78, 5) is 12.0. The van der Waals surface area contributed by atoms with Crippen LogP contribution in [0.15, 0.2) is 24.3 Å². The number of benzene rings is 1. The van der Waals surface area contributed by atoms with E-state index in [0.29, 0.717) is 18.9 Å². The lowest BCUT2D eigenvalue weighted by Gasteiger charge is -2.19. The minimum atomic E-state index is -0.289. The van der Waals surface area contributed by atoms with E-state index in [4.69, 9.17) is 5.73 Å². The van der Waals surface area contributed by atoms with Gasteiger partial charge in [-0.2, -0.15) is 0 Å². The predicted octanol–water partition coefficient (Wildman–Crippen LogP) is 3.01. The minimum absolute atomic E-state index is 0.0298. The molecule has 112 valence electrons. The molecule has 1 aromatic rings. The molecule has 0 aliphatic rings. The fraction of sp³-hybridized carbons (Fsp3) is 0.562. The van der Waals surface area contributed by atoms with Crippen LogP contribution in [0.5, 0.6) is 0 Å². The van der Waals surface area contributed by atoms with Crippen molar-refractivity contribution in [3.8, 4) is 0 Å². The molecule has 0 bridgehead atoms. The molecule has 0 radical (unpaired) electrons. The van der Waals surface area contributed by atoms with Crippen LogP contribution in [0.2, 0.25) is 0 Å². The number of carbonyl (C=O) groups is 1. The molecule has 2 atom stereocenters. The van der Waals surface area contributed by atoms with Crippen molar-refractivity contribution in [2.45, 2.75) is 39.7 Å². The van der Waals surface area contributed by atoms with E-state index in [2.05, 4.69) is 19.2 Å². The van der Waals surface area contributed by atoms with Gasteiger partial charge in [-0.05, 0) is 49.4 Å². The van der Waals surface area contributed by atoms with Gasteiger partial charge in [-0.3, -0.25) is 4.79 Å². The van der Waals surface area contributed by atoms with Gasteiger partial charge in [0, 0.05) is 6.42 Å². The van der Waals surface area contributed by atoms with Crippen LogP contribution in [0.25, 0.3) is 0 Å². The van der Waals surface area contributed by atoms with E-state index in [1.807, 2.05) is 13.0 Å². The first-order valence-electron chi connectivity index (χ1n) is 7.17. The second-order valence-electron chi connectivity index (χ2n) is 5.78. The Balaban J connectivity index is 2.53. The summed E-state index contributed by atoms with van der Waals surface area (Å²) in [5.74, 6) is 0.410. The number of rotatable bonds is 7. The second-order valence-corrected chi connectivity index (χ2v) is 5.78. The van der Waals surface area contributed by atoms with Crippen molar-refractivity contribution in [1.82, 2.24) is 5.32 Å². The van der Waals surface area contributed by atoms with Crippen LogP contribution < -0.4 is 11.1 Å². The molecule has 4 heteroatoms. The van der Waals surface area contributed by atoms with E-state index in [-0.39, 0.29) is 23.7 Å². The van der Waals surface area contributed by atoms with E-state index >= 15 is 0 Å². The molecule has 2 unspecified atom stereocenters. The first-order valence-corrected chi connectivity index (χ1v) is 7.17. The summed E-state index contributed by atoms with van der Waals surface area (Å²) < 4.78 is 13.1. The van der Waals surface area contributed by atoms with Crippen LogP contribution in [0, 0.1) is 17.7 Å². The standard InChI is InChI=1S/C16H25FN2O/c1-11(2)7-13(10-18)8-16(20)19-12(3)14-5-4-6-15(17)9-14/h4-6,9,11-13H,7-8,10,18H2,1-3H3,(H,19,20). The third kappa shape index (κ3) is 5.70. The Morgan fingerprint density at radius 3 is 2.60 bits per heavy atom. The quantitative estimate of drug-likeness (QED) is 0.806. The molecule has 1 amide bonds. The Morgan fingerprint density at radius 1 is 1.35 bits per heavy atom. The molecule has 3 N–H and O–H groups in total. The topological polar surface area (TPSA) is 55.1 Å². The lowest BCUT2D eigenvalue weighted by Crippen LogP contribution is -2.30. The largest absolute Gasteiger partial charge is 0.350 e. The molecule has 20 heavy (non-hydrogen) atoms. The molecule has 0 fully saturated rings. The number of nitrogens with one attached hydrogen (secondary N) is 1. The van der Waals surface area contributed by atoms with Crippen molar-refractivity contribution in [2.24, 2.45) is 17.6 Å². The van der Waals surface area contributed by atoms with Crippen LogP contribution in [-0.2, 0) is 4.79 Å². The van der Waals surface area contributed by atoms with Gasteiger partial charge in [0.1, 0.15) is 5.82 Å². The van der Waals surface area contributed by atoms with Gasteiger partial charge in [0.05, 0.1) is 6.04 Å². The van der Waals surface area contributed by atoms with Gasteiger partial charge >= 0.3 is 0 Å². The van der Waals surface area contributed by atoms with E-state index in [1.54, 1.807) is 6.07 Å². The second kappa shape index (κ2) is 8.00. The summed E-state index contributed by atoms with van der Waals surface area (Å²) in [6.07, 6.45) is 1.37. The van der Waals surface area contributed by atoms with Gasteiger partial charge in [0.25, 0.3) is 0 Å². The van der Waals surface area contributed by atoms with E-state index < -0.39 is 0 Å². The molecule has 0 heterocycles. The number of carbonyl (C=O) groups excluding carboxylic acids is 1. The average Bonchev–Trinajstić information content (AvgIpc) is 2.37. The van der Waals surface area contributed by atoms with E-state index in [1.165, 1.54) is 12.1 Å². The van der Waals surface area contributed by atoms with Crippen LogP contribution in [-0.4, -0.2) is 12.5 Å². The summed E-state index contributed by atoms with van der Waals surface area (Å²) in [5, 5.41) is 2.90. The third-order valence-electron chi connectivity index (χ3n) is 3.34. The predicted molar refractivity (Wildman–Crippen MR) is 79.6 cm³/mol. The van der Waals surface area contributed by atoms with Crippen molar-refractivity contribution in [3.05, 3.63) is 35.6 Å². The van der Waals surface area contributed by atoms with Crippen molar-refractivity contribution in [2.75, 3.05) is 6.54 Å². The minimum Gasteiger partial charge on any atom is -0.350 e. The molecule has 1 aromatic carbocycles. The van der Waals surface area contributed by atoms with Crippen LogP contribution in [0.3, 0.4) is 0 Å². The van der Waals surface area contributed by atoms with Gasteiger partial charge in [-0.15, -0.1) is 0 Å². The maximum Gasteiger partial charge on any atom is 0.220 e.